The van der Waals surface area contributed by atoms with Gasteiger partial charge in [-0.2, -0.15) is 4.98 Å². The van der Waals surface area contributed by atoms with Gasteiger partial charge in [-0.05, 0) is 47.0 Å². The highest BCUT2D eigenvalue weighted by molar-refractivity contribution is 9.10. The molecule has 134 valence electrons. The lowest BCUT2D eigenvalue weighted by Crippen LogP contribution is -2.31. The summed E-state index contributed by atoms with van der Waals surface area (Å²) in [5.41, 5.74) is 1.37. The zero-order valence-corrected chi connectivity index (χ0v) is 15.9. The smallest absolute Gasteiger partial charge is 0.240 e. The van der Waals surface area contributed by atoms with Gasteiger partial charge in [-0.1, -0.05) is 6.07 Å². The molecule has 10 heteroatoms. The average Bonchev–Trinajstić information content (AvgIpc) is 2.58. The quantitative estimate of drug-likeness (QED) is 0.572. The highest BCUT2D eigenvalue weighted by Crippen LogP contribution is 2.26. The predicted octanol–water partition coefficient (Wildman–Crippen LogP) is 1.61. The topological polar surface area (TPSA) is 116 Å². The maximum atomic E-state index is 12.1. The summed E-state index contributed by atoms with van der Waals surface area (Å²) in [4.78, 5) is 8.80. The third kappa shape index (κ3) is 4.09. The first kappa shape index (κ1) is 18.1. The molecule has 0 saturated carbocycles. The van der Waals surface area contributed by atoms with E-state index in [4.69, 9.17) is 5.11 Å². The van der Waals surface area contributed by atoms with Crippen LogP contribution in [0.2, 0.25) is 0 Å². The van der Waals surface area contributed by atoms with Crippen LogP contribution in [-0.2, 0) is 16.4 Å². The van der Waals surface area contributed by atoms with Gasteiger partial charge < -0.3 is 15.7 Å². The molecule has 1 atom stereocenters. The number of aliphatic hydroxyl groups is 1. The highest BCUT2D eigenvalue weighted by Gasteiger charge is 2.23. The number of fused-ring (bicyclic) bond motifs is 1. The van der Waals surface area contributed by atoms with Gasteiger partial charge in [-0.3, -0.25) is 0 Å². The SMILES string of the molecule is C[C@@H](CO)Nc1nc(Nc2ccc3c(c2)S(=O)(=O)NCC3)ncc1Br. The van der Waals surface area contributed by atoms with Crippen LogP contribution in [0.25, 0.3) is 0 Å². The van der Waals surface area contributed by atoms with E-state index in [1.54, 1.807) is 24.4 Å². The van der Waals surface area contributed by atoms with E-state index in [-0.39, 0.29) is 17.5 Å². The van der Waals surface area contributed by atoms with E-state index >= 15 is 0 Å². The van der Waals surface area contributed by atoms with Crippen LogP contribution in [0.3, 0.4) is 0 Å². The summed E-state index contributed by atoms with van der Waals surface area (Å²) in [5.74, 6) is 0.850. The van der Waals surface area contributed by atoms with E-state index in [0.717, 1.165) is 5.56 Å². The van der Waals surface area contributed by atoms with Crippen LogP contribution in [0.4, 0.5) is 17.5 Å². The second-order valence-electron chi connectivity index (χ2n) is 5.71. The minimum atomic E-state index is -3.47. The first-order valence-electron chi connectivity index (χ1n) is 7.68. The van der Waals surface area contributed by atoms with Gasteiger partial charge in [0.1, 0.15) is 5.82 Å². The molecule has 3 rings (SSSR count). The minimum absolute atomic E-state index is 0.0329. The summed E-state index contributed by atoms with van der Waals surface area (Å²) in [6, 6.07) is 5.00. The summed E-state index contributed by atoms with van der Waals surface area (Å²) in [6.07, 6.45) is 2.25. The second-order valence-corrected chi connectivity index (χ2v) is 8.30. The van der Waals surface area contributed by atoms with Crippen molar-refractivity contribution in [1.82, 2.24) is 14.7 Å². The molecule has 0 unspecified atom stereocenters. The van der Waals surface area contributed by atoms with Crippen LogP contribution < -0.4 is 15.4 Å². The molecule has 8 nitrogen and oxygen atoms in total. The number of anilines is 3. The fourth-order valence-corrected chi connectivity index (χ4v) is 4.05. The number of nitrogens with zero attached hydrogens (tertiary/aromatic N) is 2. The Morgan fingerprint density at radius 2 is 2.24 bits per heavy atom. The summed E-state index contributed by atoms with van der Waals surface area (Å²) >= 11 is 3.35. The first-order valence-corrected chi connectivity index (χ1v) is 9.96. The van der Waals surface area contributed by atoms with E-state index in [1.165, 1.54) is 0 Å². The first-order chi connectivity index (χ1) is 11.9. The van der Waals surface area contributed by atoms with Crippen molar-refractivity contribution in [3.63, 3.8) is 0 Å². The summed E-state index contributed by atoms with van der Waals surface area (Å²) in [5, 5.41) is 15.2. The van der Waals surface area contributed by atoms with Gasteiger partial charge >= 0.3 is 0 Å². The summed E-state index contributed by atoms with van der Waals surface area (Å²) < 4.78 is 27.4. The zero-order valence-electron chi connectivity index (χ0n) is 13.5. The molecule has 0 amide bonds. The van der Waals surface area contributed by atoms with Crippen LogP contribution in [-0.4, -0.2) is 42.7 Å². The molecule has 2 aromatic rings. The van der Waals surface area contributed by atoms with Crippen LogP contribution in [0.1, 0.15) is 12.5 Å². The summed E-state index contributed by atoms with van der Waals surface area (Å²) in [7, 11) is -3.47. The van der Waals surface area contributed by atoms with Crippen molar-refractivity contribution in [1.29, 1.82) is 0 Å². The van der Waals surface area contributed by atoms with Gasteiger partial charge in [-0.25, -0.2) is 18.1 Å². The Kier molecular flexibility index (Phi) is 5.23. The Labute approximate surface area is 154 Å². The Hall–Kier alpha value is -1.75. The molecule has 0 fully saturated rings. The molecule has 4 N–H and O–H groups in total. The van der Waals surface area contributed by atoms with Gasteiger partial charge in [0.15, 0.2) is 0 Å². The van der Waals surface area contributed by atoms with E-state index in [0.29, 0.717) is 34.9 Å². The molecule has 0 aliphatic carbocycles. The third-order valence-electron chi connectivity index (χ3n) is 3.70. The van der Waals surface area contributed by atoms with Crippen molar-refractivity contribution in [3.8, 4) is 0 Å². The van der Waals surface area contributed by atoms with Crippen molar-refractivity contribution in [2.24, 2.45) is 0 Å². The second kappa shape index (κ2) is 7.24. The van der Waals surface area contributed by atoms with Crippen LogP contribution >= 0.6 is 15.9 Å². The summed E-state index contributed by atoms with van der Waals surface area (Å²) in [6.45, 7) is 2.20. The molecule has 0 spiro atoms. The molecule has 25 heavy (non-hydrogen) atoms. The number of halogens is 1. The Morgan fingerprint density at radius 1 is 1.44 bits per heavy atom. The van der Waals surface area contributed by atoms with E-state index in [2.05, 4.69) is 41.3 Å². The zero-order chi connectivity index (χ0) is 18.0. The number of sulfonamides is 1. The van der Waals surface area contributed by atoms with Gasteiger partial charge in [0.2, 0.25) is 16.0 Å². The van der Waals surface area contributed by atoms with Gasteiger partial charge in [-0.15, -0.1) is 0 Å². The number of hydrogen-bond donors (Lipinski definition) is 4. The predicted molar refractivity (Wildman–Crippen MR) is 98.5 cm³/mol. The molecule has 1 aliphatic heterocycles. The molecule has 1 aromatic carbocycles. The average molecular weight is 428 g/mol. The largest absolute Gasteiger partial charge is 0.394 e. The molecule has 0 bridgehead atoms. The molecule has 0 saturated heterocycles. The van der Waals surface area contributed by atoms with E-state index in [9.17, 15) is 8.42 Å². The van der Waals surface area contributed by atoms with Crippen molar-refractivity contribution in [2.45, 2.75) is 24.3 Å². The van der Waals surface area contributed by atoms with Crippen molar-refractivity contribution < 1.29 is 13.5 Å². The minimum Gasteiger partial charge on any atom is -0.394 e. The lowest BCUT2D eigenvalue weighted by molar-refractivity contribution is 0.281. The van der Waals surface area contributed by atoms with Crippen molar-refractivity contribution in [2.75, 3.05) is 23.8 Å². The number of nitrogens with one attached hydrogen (secondary N) is 3. The third-order valence-corrected chi connectivity index (χ3v) is 5.82. The fraction of sp³-hybridized carbons (Fsp3) is 0.333. The molecular formula is C15H18BrN5O3S. The normalized spacial score (nSPS) is 16.8. The standard InChI is InChI=1S/C15H18BrN5O3S/c1-9(8-22)19-14-12(16)7-17-15(21-14)20-11-3-2-10-4-5-18-25(23,24)13(10)6-11/h2-3,6-7,9,18,22H,4-5,8H2,1H3,(H2,17,19,20,21)/t9-/m0/s1. The monoisotopic (exact) mass is 427 g/mol. The van der Waals surface area contributed by atoms with E-state index in [1.807, 2.05) is 6.92 Å². The van der Waals surface area contributed by atoms with Crippen molar-refractivity contribution in [3.05, 3.63) is 34.4 Å². The fourth-order valence-electron chi connectivity index (χ4n) is 2.42. The lowest BCUT2D eigenvalue weighted by atomic mass is 10.1. The Balaban J connectivity index is 1.87. The van der Waals surface area contributed by atoms with Gasteiger partial charge in [0, 0.05) is 24.5 Å². The molecule has 1 aromatic heterocycles. The van der Waals surface area contributed by atoms with Crippen LogP contribution in [0, 0.1) is 0 Å². The maximum Gasteiger partial charge on any atom is 0.240 e. The highest BCUT2D eigenvalue weighted by atomic mass is 79.9. The lowest BCUT2D eigenvalue weighted by Gasteiger charge is -2.18. The van der Waals surface area contributed by atoms with Crippen molar-refractivity contribution >= 4 is 43.4 Å². The van der Waals surface area contributed by atoms with Crippen LogP contribution in [0.15, 0.2) is 33.8 Å². The number of aromatic nitrogens is 2. The molecule has 1 aliphatic rings. The number of rotatable bonds is 5. The molecular weight excluding hydrogens is 410 g/mol. The Morgan fingerprint density at radius 3 is 3.00 bits per heavy atom. The number of benzene rings is 1. The number of aliphatic hydroxyl groups excluding tert-OH is 1. The van der Waals surface area contributed by atoms with Gasteiger partial charge in [0.25, 0.3) is 0 Å². The number of hydrogen-bond acceptors (Lipinski definition) is 7. The Bertz CT molecular complexity index is 891. The van der Waals surface area contributed by atoms with Gasteiger partial charge in [0.05, 0.1) is 16.0 Å². The van der Waals surface area contributed by atoms with Crippen LogP contribution in [0.5, 0.6) is 0 Å². The molecule has 0 radical (unpaired) electrons. The van der Waals surface area contributed by atoms with E-state index < -0.39 is 10.0 Å². The maximum absolute atomic E-state index is 12.1. The molecule has 2 heterocycles.